The summed E-state index contributed by atoms with van der Waals surface area (Å²) in [7, 11) is 0. The number of imide groups is 1. The molecule has 3 nitrogen and oxygen atoms in total. The van der Waals surface area contributed by atoms with Crippen molar-refractivity contribution in [1.82, 2.24) is 4.90 Å². The molecule has 0 radical (unpaired) electrons. The van der Waals surface area contributed by atoms with E-state index in [1.165, 1.54) is 17.1 Å². The van der Waals surface area contributed by atoms with Crippen LogP contribution in [0, 0.1) is 0 Å². The Bertz CT molecular complexity index is 296. The fourth-order valence-electron chi connectivity index (χ4n) is 0.910. The summed E-state index contributed by atoms with van der Waals surface area (Å²) in [6, 6.07) is 0. The summed E-state index contributed by atoms with van der Waals surface area (Å²) >= 11 is -0.112. The molecule has 4 heteroatoms. The molecule has 0 saturated heterocycles. The monoisotopic (exact) mass is 291 g/mol. The van der Waals surface area contributed by atoms with Gasteiger partial charge in [0.1, 0.15) is 0 Å². The second-order valence-corrected chi connectivity index (χ2v) is 4.85. The van der Waals surface area contributed by atoms with Crippen LogP contribution in [0.1, 0.15) is 6.92 Å². The maximum Gasteiger partial charge on any atom is 0.253 e. The van der Waals surface area contributed by atoms with Crippen LogP contribution in [0.4, 0.5) is 0 Å². The lowest BCUT2D eigenvalue weighted by atomic mass is 10.5. The molecule has 1 rings (SSSR count). The van der Waals surface area contributed by atoms with E-state index < -0.39 is 0 Å². The van der Waals surface area contributed by atoms with E-state index in [2.05, 4.69) is 3.67 Å². The van der Waals surface area contributed by atoms with Gasteiger partial charge in [-0.25, -0.2) is 0 Å². The minimum Gasteiger partial charge on any atom is -0.275 e. The topological polar surface area (TPSA) is 37.4 Å². The smallest absolute Gasteiger partial charge is 0.253 e. The van der Waals surface area contributed by atoms with Gasteiger partial charge in [-0.05, 0) is 13.0 Å². The van der Waals surface area contributed by atoms with Crippen molar-refractivity contribution in [3.8, 4) is 0 Å². The lowest BCUT2D eigenvalue weighted by Crippen LogP contribution is -2.31. The molecule has 0 saturated carbocycles. The lowest BCUT2D eigenvalue weighted by Gasteiger charge is -2.10. The first-order chi connectivity index (χ1) is 6.25. The number of hydrogen-bond donors (Lipinski definition) is 0. The van der Waals surface area contributed by atoms with Crippen LogP contribution in [-0.4, -0.2) is 31.4 Å². The lowest BCUT2D eigenvalue weighted by molar-refractivity contribution is -0.136. The second kappa shape index (κ2) is 5.09. The molecule has 0 spiro atoms. The number of hydrogen-bond acceptors (Lipinski definition) is 2. The number of rotatable bonds is 3. The zero-order valence-electron chi connectivity index (χ0n) is 7.29. The zero-order valence-corrected chi connectivity index (χ0v) is 9.45. The van der Waals surface area contributed by atoms with Crippen molar-refractivity contribution in [2.24, 2.45) is 0 Å². The van der Waals surface area contributed by atoms with Gasteiger partial charge in [0.2, 0.25) is 0 Å². The molecule has 0 aromatic heterocycles. The summed E-state index contributed by atoms with van der Waals surface area (Å²) in [5.41, 5.74) is 0. The summed E-state index contributed by atoms with van der Waals surface area (Å²) in [4.78, 5) is 23.4. The number of amides is 2. The minimum absolute atomic E-state index is 0.112. The van der Waals surface area contributed by atoms with Gasteiger partial charge in [-0.1, -0.05) is 24.4 Å². The molecule has 1 aliphatic rings. The molecule has 0 atom stereocenters. The van der Waals surface area contributed by atoms with E-state index >= 15 is 0 Å². The Hall–Kier alpha value is -0.740. The van der Waals surface area contributed by atoms with Crippen molar-refractivity contribution in [2.75, 3.05) is 11.0 Å². The molecule has 0 unspecified atom stereocenters. The van der Waals surface area contributed by atoms with E-state index in [0.717, 1.165) is 4.43 Å². The van der Waals surface area contributed by atoms with Gasteiger partial charge in [0.25, 0.3) is 11.8 Å². The Morgan fingerprint density at radius 1 is 1.46 bits per heavy atom. The van der Waals surface area contributed by atoms with Crippen molar-refractivity contribution in [3.63, 3.8) is 0 Å². The number of carbonyl (C=O) groups excluding carboxylic acids is 2. The van der Waals surface area contributed by atoms with E-state index in [-0.39, 0.29) is 32.5 Å². The van der Waals surface area contributed by atoms with Crippen molar-refractivity contribution in [2.45, 2.75) is 6.92 Å². The van der Waals surface area contributed by atoms with Crippen molar-refractivity contribution >= 4 is 36.2 Å². The maximum absolute atomic E-state index is 11.1. The number of nitrogens with zero attached hydrogens (tertiary/aromatic N) is 1. The molecule has 0 N–H and O–H groups in total. The predicted molar refractivity (Wildman–Crippen MR) is 60.0 cm³/mol. The number of allylic oxidation sites excluding steroid dienone is 1. The molecule has 0 aromatic carbocycles. The van der Waals surface area contributed by atoms with Crippen molar-refractivity contribution in [3.05, 3.63) is 18.2 Å². The molecule has 2 amide bonds. The number of carbonyl (C=O) groups is 2. The fraction of sp³-hybridized carbons (Fsp3) is 0.333. The van der Waals surface area contributed by atoms with Gasteiger partial charge in [0.15, 0.2) is 0 Å². The highest BCUT2D eigenvalue weighted by Gasteiger charge is 2.21. The maximum atomic E-state index is 11.1. The van der Waals surface area contributed by atoms with E-state index in [0.29, 0.717) is 6.54 Å². The molecular weight excluding hydrogens is 281 g/mol. The highest BCUT2D eigenvalue weighted by Crippen LogP contribution is 2.04. The van der Waals surface area contributed by atoms with Crippen LogP contribution in [0.2, 0.25) is 0 Å². The van der Waals surface area contributed by atoms with Crippen LogP contribution in [0.15, 0.2) is 18.2 Å². The van der Waals surface area contributed by atoms with Gasteiger partial charge in [-0.3, -0.25) is 14.5 Å². The Kier molecular flexibility index (Phi) is 4.05. The van der Waals surface area contributed by atoms with Gasteiger partial charge in [0.05, 0.1) is 0 Å². The van der Waals surface area contributed by atoms with Crippen LogP contribution in [-0.2, 0) is 9.59 Å². The summed E-state index contributed by atoms with van der Waals surface area (Å²) in [6.45, 7) is 2.46. The normalized spacial score (nSPS) is 15.0. The minimum atomic E-state index is -0.186. The van der Waals surface area contributed by atoms with E-state index in [1.807, 2.05) is 13.0 Å². The molecule has 13 heavy (non-hydrogen) atoms. The summed E-state index contributed by atoms with van der Waals surface area (Å²) in [5, 5.41) is 0. The molecule has 0 aromatic rings. The van der Waals surface area contributed by atoms with Gasteiger partial charge in [-0.15, -0.1) is 0 Å². The van der Waals surface area contributed by atoms with Crippen molar-refractivity contribution < 1.29 is 9.59 Å². The largest absolute Gasteiger partial charge is 0.275 e. The number of alkyl halides is 1. The summed E-state index contributed by atoms with van der Waals surface area (Å²) in [5.74, 6) is -0.371. The predicted octanol–water partition coefficient (Wildman–Crippen LogP) is 0.859. The van der Waals surface area contributed by atoms with Crippen LogP contribution in [0.5, 0.6) is 0 Å². The van der Waals surface area contributed by atoms with E-state index in [1.54, 1.807) is 0 Å². The summed E-state index contributed by atoms with van der Waals surface area (Å²) in [6.07, 6.45) is 4.53. The Morgan fingerprint density at radius 3 is 2.62 bits per heavy atom. The SMILES string of the molecule is CC=C=ICCN1C(=O)C=CC1=O. The standard InChI is InChI=1S/C9H10INO2/c1-2-5-10-6-7-11-8(12)3-4-9(11)13/h2-4H,6-7H2,1H3. The second-order valence-electron chi connectivity index (χ2n) is 2.38. The molecule has 70 valence electrons. The Balaban J connectivity index is 2.42. The van der Waals surface area contributed by atoms with Crippen LogP contribution in [0.25, 0.3) is 0 Å². The van der Waals surface area contributed by atoms with Crippen LogP contribution in [0.3, 0.4) is 0 Å². The Morgan fingerprint density at radius 2 is 2.08 bits per heavy atom. The molecular formula is C9H10INO2. The first-order valence-electron chi connectivity index (χ1n) is 3.90. The number of halogens is 1. The van der Waals surface area contributed by atoms with E-state index in [9.17, 15) is 9.59 Å². The molecule has 1 aliphatic heterocycles. The van der Waals surface area contributed by atoms with Crippen LogP contribution < -0.4 is 0 Å². The fourth-order valence-corrected chi connectivity index (χ4v) is 2.39. The average Bonchev–Trinajstić information content (AvgIpc) is 2.42. The summed E-state index contributed by atoms with van der Waals surface area (Å²) < 4.78 is 4.01. The quantitative estimate of drug-likeness (QED) is 0.439. The first kappa shape index (κ1) is 10.3. The molecule has 0 aliphatic carbocycles. The third kappa shape index (κ3) is 2.90. The molecule has 1 heterocycles. The first-order valence-corrected chi connectivity index (χ1v) is 6.51. The highest BCUT2D eigenvalue weighted by molar-refractivity contribution is 14.2. The van der Waals surface area contributed by atoms with E-state index in [4.69, 9.17) is 0 Å². The Labute approximate surface area is 86.9 Å². The highest BCUT2D eigenvalue weighted by atomic mass is 127. The molecule has 0 fully saturated rings. The van der Waals surface area contributed by atoms with Crippen molar-refractivity contribution in [1.29, 1.82) is 0 Å². The van der Waals surface area contributed by atoms with Gasteiger partial charge in [0, 0.05) is 23.1 Å². The van der Waals surface area contributed by atoms with Gasteiger partial charge < -0.3 is 0 Å². The van der Waals surface area contributed by atoms with Crippen LogP contribution >= 0.6 is 20.7 Å². The third-order valence-corrected chi connectivity index (χ3v) is 3.57. The third-order valence-electron chi connectivity index (χ3n) is 1.49. The van der Waals surface area contributed by atoms with Gasteiger partial charge >= 0.3 is 0 Å². The average molecular weight is 291 g/mol. The van der Waals surface area contributed by atoms with Gasteiger partial charge in [-0.2, -0.15) is 0 Å². The molecule has 0 bridgehead atoms. The zero-order chi connectivity index (χ0) is 9.68.